The van der Waals surface area contributed by atoms with Gasteiger partial charge in [0, 0.05) is 18.5 Å². The molecule has 2 N–H and O–H groups in total. The number of hydrogen-bond acceptors (Lipinski definition) is 7. The molecular weight excluding hydrogens is 492 g/mol. The van der Waals surface area contributed by atoms with Gasteiger partial charge in [-0.05, 0) is 54.6 Å². The fourth-order valence-corrected chi connectivity index (χ4v) is 6.36. The predicted octanol–water partition coefficient (Wildman–Crippen LogP) is 5.99. The number of carbonyl (C=O) groups is 2. The van der Waals surface area contributed by atoms with Crippen LogP contribution in [0, 0.1) is 0 Å². The van der Waals surface area contributed by atoms with Crippen molar-refractivity contribution in [2.75, 3.05) is 23.8 Å². The summed E-state index contributed by atoms with van der Waals surface area (Å²) < 4.78 is 0. The third-order valence-corrected chi connectivity index (χ3v) is 8.24. The minimum atomic E-state index is -1.03. The van der Waals surface area contributed by atoms with E-state index < -0.39 is 5.97 Å². The first-order valence-corrected chi connectivity index (χ1v) is 13.1. The second-order valence-corrected chi connectivity index (χ2v) is 10.2. The summed E-state index contributed by atoms with van der Waals surface area (Å²) in [7, 11) is 1.96. The largest absolute Gasteiger partial charge is 0.478 e. The van der Waals surface area contributed by atoms with Crippen molar-refractivity contribution >= 4 is 57.6 Å². The molecule has 182 valence electrons. The van der Waals surface area contributed by atoms with Gasteiger partial charge >= 0.3 is 5.97 Å². The molecule has 1 saturated heterocycles. The van der Waals surface area contributed by atoms with Crippen LogP contribution in [0.3, 0.4) is 0 Å². The van der Waals surface area contributed by atoms with Crippen LogP contribution in [0.4, 0.5) is 17.1 Å². The van der Waals surface area contributed by atoms with Crippen LogP contribution in [-0.4, -0.2) is 40.6 Å². The molecule has 0 unspecified atom stereocenters. The molecule has 3 aromatic rings. The third-order valence-electron chi connectivity index (χ3n) is 5.81. The maximum absolute atomic E-state index is 13.8. The van der Waals surface area contributed by atoms with E-state index in [1.807, 2.05) is 73.5 Å². The minimum absolute atomic E-state index is 0.121. The smallest absolute Gasteiger partial charge is 0.335 e. The number of para-hydroxylation sites is 1. The van der Waals surface area contributed by atoms with Crippen LogP contribution in [0.15, 0.2) is 92.6 Å². The van der Waals surface area contributed by atoms with Gasteiger partial charge in [0.25, 0.3) is 5.91 Å². The summed E-state index contributed by atoms with van der Waals surface area (Å²) in [6, 6.07) is 22.6. The number of fused-ring (bicyclic) bond motifs is 1. The molecule has 0 spiro atoms. The summed E-state index contributed by atoms with van der Waals surface area (Å²) in [4.78, 5) is 35.7. The average Bonchev–Trinajstić information content (AvgIpc) is 3.37. The zero-order valence-corrected chi connectivity index (χ0v) is 21.4. The van der Waals surface area contributed by atoms with Crippen LogP contribution in [-0.2, 0) is 11.3 Å². The summed E-state index contributed by atoms with van der Waals surface area (Å²) >= 11 is 2.89. The zero-order chi connectivity index (χ0) is 25.2. The third kappa shape index (κ3) is 4.59. The van der Waals surface area contributed by atoms with Crippen molar-refractivity contribution in [1.82, 2.24) is 4.90 Å². The number of aromatic carboxylic acids is 1. The number of amides is 1. The molecule has 2 aliphatic rings. The standard InChI is InChI=1S/C27H24N4O3S2/c1-3-28-19-14-13-18(26(33)34)15-20(19)29-27-31(16-17-9-5-4-6-10-17)24(32)23(36-27)25-30(2)21-11-7-8-12-22(21)35-25/h4-15,28H,3,16H2,1-2H3,(H,33,34)/b25-23-,29-27?. The van der Waals surface area contributed by atoms with Crippen LogP contribution < -0.4 is 10.2 Å². The number of amidine groups is 1. The summed E-state index contributed by atoms with van der Waals surface area (Å²) in [6.45, 7) is 2.97. The Bertz CT molecular complexity index is 1410. The zero-order valence-electron chi connectivity index (χ0n) is 19.8. The quantitative estimate of drug-likeness (QED) is 0.389. The SMILES string of the molecule is CCNc1ccc(C(=O)O)cc1N=C1S/C(=C2\Sc3ccccc3N2C)C(=O)N1Cc1ccccc1. The van der Waals surface area contributed by atoms with Gasteiger partial charge < -0.3 is 15.3 Å². The predicted molar refractivity (Wildman–Crippen MR) is 147 cm³/mol. The molecule has 3 aromatic carbocycles. The number of hydrogen-bond donors (Lipinski definition) is 2. The monoisotopic (exact) mass is 516 g/mol. The topological polar surface area (TPSA) is 85.2 Å². The van der Waals surface area contributed by atoms with E-state index >= 15 is 0 Å². The molecule has 7 nitrogen and oxygen atoms in total. The summed E-state index contributed by atoms with van der Waals surface area (Å²) in [5.41, 5.74) is 3.37. The van der Waals surface area contributed by atoms with Crippen LogP contribution >= 0.6 is 23.5 Å². The number of carboxylic acid groups (broad SMARTS) is 1. The van der Waals surface area contributed by atoms with Gasteiger partial charge in [-0.3, -0.25) is 9.69 Å². The van der Waals surface area contributed by atoms with Crippen molar-refractivity contribution < 1.29 is 14.7 Å². The minimum Gasteiger partial charge on any atom is -0.478 e. The fraction of sp³-hybridized carbons (Fsp3) is 0.148. The molecule has 9 heteroatoms. The Labute approximate surface area is 217 Å². The van der Waals surface area contributed by atoms with Gasteiger partial charge in [-0.2, -0.15) is 0 Å². The van der Waals surface area contributed by atoms with E-state index in [-0.39, 0.29) is 11.5 Å². The van der Waals surface area contributed by atoms with Gasteiger partial charge in [0.1, 0.15) is 4.91 Å². The molecule has 1 amide bonds. The average molecular weight is 517 g/mol. The van der Waals surface area contributed by atoms with Crippen LogP contribution in [0.1, 0.15) is 22.8 Å². The van der Waals surface area contributed by atoms with Crippen LogP contribution in [0.5, 0.6) is 0 Å². The molecule has 0 radical (unpaired) electrons. The molecule has 0 aliphatic carbocycles. The number of benzene rings is 3. The summed E-state index contributed by atoms with van der Waals surface area (Å²) in [5, 5.41) is 14.1. The Kier molecular flexibility index (Phi) is 6.75. The van der Waals surface area contributed by atoms with E-state index in [4.69, 9.17) is 4.99 Å². The first-order valence-electron chi connectivity index (χ1n) is 11.4. The number of rotatable bonds is 6. The van der Waals surface area contributed by atoms with Gasteiger partial charge in [-0.25, -0.2) is 9.79 Å². The number of nitrogens with zero attached hydrogens (tertiary/aromatic N) is 3. The van der Waals surface area contributed by atoms with Crippen molar-refractivity contribution in [1.29, 1.82) is 0 Å². The fourth-order valence-electron chi connectivity index (χ4n) is 4.02. The molecule has 0 aromatic heterocycles. The van der Waals surface area contributed by atoms with E-state index in [0.29, 0.717) is 34.5 Å². The van der Waals surface area contributed by atoms with E-state index in [1.165, 1.54) is 17.8 Å². The lowest BCUT2D eigenvalue weighted by Crippen LogP contribution is -2.29. The molecule has 5 rings (SSSR count). The van der Waals surface area contributed by atoms with E-state index in [1.54, 1.807) is 28.8 Å². The highest BCUT2D eigenvalue weighted by atomic mass is 32.2. The van der Waals surface area contributed by atoms with Gasteiger partial charge in [0.05, 0.1) is 34.2 Å². The molecule has 2 heterocycles. The number of carboxylic acids is 1. The number of nitrogens with one attached hydrogen (secondary N) is 1. The Morgan fingerprint density at radius 2 is 1.78 bits per heavy atom. The highest BCUT2D eigenvalue weighted by molar-refractivity contribution is 8.19. The van der Waals surface area contributed by atoms with Crippen molar-refractivity contribution in [2.45, 2.75) is 18.4 Å². The maximum atomic E-state index is 13.8. The number of carbonyl (C=O) groups excluding carboxylic acids is 1. The highest BCUT2D eigenvalue weighted by Crippen LogP contribution is 2.50. The van der Waals surface area contributed by atoms with E-state index in [0.717, 1.165) is 21.2 Å². The number of anilines is 2. The molecule has 36 heavy (non-hydrogen) atoms. The van der Waals surface area contributed by atoms with Gasteiger partial charge in [0.2, 0.25) is 0 Å². The highest BCUT2D eigenvalue weighted by Gasteiger charge is 2.39. The Morgan fingerprint density at radius 1 is 1.03 bits per heavy atom. The Hall–Kier alpha value is -3.69. The van der Waals surface area contributed by atoms with E-state index in [9.17, 15) is 14.7 Å². The van der Waals surface area contributed by atoms with Crippen molar-refractivity contribution in [3.63, 3.8) is 0 Å². The second-order valence-electron chi connectivity index (χ2n) is 8.20. The van der Waals surface area contributed by atoms with Gasteiger partial charge in [-0.1, -0.05) is 54.2 Å². The molecule has 0 saturated carbocycles. The van der Waals surface area contributed by atoms with Gasteiger partial charge in [-0.15, -0.1) is 0 Å². The van der Waals surface area contributed by atoms with Crippen molar-refractivity contribution in [3.05, 3.63) is 93.9 Å². The molecule has 0 atom stereocenters. The summed E-state index contributed by atoms with van der Waals surface area (Å²) in [6.07, 6.45) is 0. The van der Waals surface area contributed by atoms with Crippen LogP contribution in [0.25, 0.3) is 0 Å². The molecule has 1 fully saturated rings. The van der Waals surface area contributed by atoms with Gasteiger partial charge in [0.15, 0.2) is 5.17 Å². The molecule has 2 aliphatic heterocycles. The second kappa shape index (κ2) is 10.1. The lowest BCUT2D eigenvalue weighted by atomic mass is 10.1. The first-order chi connectivity index (χ1) is 17.5. The Balaban J connectivity index is 1.60. The normalized spacial score (nSPS) is 18.2. The molecule has 0 bridgehead atoms. The Morgan fingerprint density at radius 3 is 2.50 bits per heavy atom. The number of aliphatic imine (C=N–C) groups is 1. The maximum Gasteiger partial charge on any atom is 0.335 e. The van der Waals surface area contributed by atoms with Crippen LogP contribution in [0.2, 0.25) is 0 Å². The summed E-state index contributed by atoms with van der Waals surface area (Å²) in [5.74, 6) is -1.15. The van der Waals surface area contributed by atoms with Crippen molar-refractivity contribution in [2.24, 2.45) is 4.99 Å². The molecular formula is C27H24N4O3S2. The van der Waals surface area contributed by atoms with E-state index in [2.05, 4.69) is 5.32 Å². The number of thioether (sulfide) groups is 2. The lowest BCUT2D eigenvalue weighted by molar-refractivity contribution is -0.122. The van der Waals surface area contributed by atoms with Crippen molar-refractivity contribution in [3.8, 4) is 0 Å². The lowest BCUT2D eigenvalue weighted by Gasteiger charge is -2.17. The first kappa shape index (κ1) is 24.0.